The van der Waals surface area contributed by atoms with Gasteiger partial charge in [-0.05, 0) is 68.0 Å². The minimum absolute atomic E-state index is 0.133. The molecule has 6 heteroatoms. The summed E-state index contributed by atoms with van der Waals surface area (Å²) < 4.78 is 5.57. The quantitative estimate of drug-likeness (QED) is 0.395. The molecule has 0 radical (unpaired) electrons. The Balaban J connectivity index is 2.13. The third kappa shape index (κ3) is 3.94. The zero-order chi connectivity index (χ0) is 21.1. The first-order valence-electron chi connectivity index (χ1n) is 9.96. The second-order valence-corrected chi connectivity index (χ2v) is 8.17. The Kier molecular flexibility index (Phi) is 6.42. The average molecular weight is 414 g/mol. The Morgan fingerprint density at radius 2 is 1.93 bits per heavy atom. The van der Waals surface area contributed by atoms with Gasteiger partial charge >= 0.3 is 0 Å². The molecule has 1 amide bonds. The summed E-state index contributed by atoms with van der Waals surface area (Å²) in [5, 5.41) is 13.1. The van der Waals surface area contributed by atoms with Crippen LogP contribution in [0, 0.1) is 13.8 Å². The molecule has 0 spiro atoms. The van der Waals surface area contributed by atoms with Crippen LogP contribution in [0.4, 0.5) is 0 Å². The van der Waals surface area contributed by atoms with Gasteiger partial charge in [0.25, 0.3) is 11.7 Å². The standard InChI is InChI=1S/C23H27NO4S/c1-5-7-11-24-19(22-14(3)10-12-29-22)18(21(26)23(24)27)20(25)16-8-9-17(28-6-2)15(4)13-16/h8-10,12-13,19,25H,5-7,11H2,1-4H3/b20-18-. The number of likely N-dealkylation sites (tertiary alicyclic amines) is 1. The van der Waals surface area contributed by atoms with Crippen LogP contribution in [0.5, 0.6) is 5.75 Å². The molecule has 0 saturated carbocycles. The van der Waals surface area contributed by atoms with E-state index in [0.717, 1.165) is 34.6 Å². The number of aryl methyl sites for hydroxylation is 2. The molecule has 1 fully saturated rings. The van der Waals surface area contributed by atoms with Gasteiger partial charge in [-0.1, -0.05) is 13.3 Å². The fourth-order valence-corrected chi connectivity index (χ4v) is 4.69. The fourth-order valence-electron chi connectivity index (χ4n) is 3.65. The molecule has 2 heterocycles. The van der Waals surface area contributed by atoms with Gasteiger partial charge in [0.05, 0.1) is 18.2 Å². The third-order valence-corrected chi connectivity index (χ3v) is 6.26. The lowest BCUT2D eigenvalue weighted by atomic mass is 9.97. The van der Waals surface area contributed by atoms with Gasteiger partial charge in [-0.3, -0.25) is 9.59 Å². The zero-order valence-corrected chi connectivity index (χ0v) is 18.1. The maximum Gasteiger partial charge on any atom is 0.295 e. The van der Waals surface area contributed by atoms with Crippen LogP contribution in [0.1, 0.15) is 54.3 Å². The molecule has 29 heavy (non-hydrogen) atoms. The van der Waals surface area contributed by atoms with Crippen molar-refractivity contribution in [3.63, 3.8) is 0 Å². The van der Waals surface area contributed by atoms with Crippen molar-refractivity contribution in [3.8, 4) is 5.75 Å². The maximum atomic E-state index is 12.9. The molecule has 3 rings (SSSR count). The van der Waals surface area contributed by atoms with Gasteiger partial charge in [0.15, 0.2) is 0 Å². The van der Waals surface area contributed by atoms with Crippen molar-refractivity contribution in [2.24, 2.45) is 0 Å². The number of aliphatic hydroxyl groups excluding tert-OH is 1. The van der Waals surface area contributed by atoms with E-state index in [2.05, 4.69) is 0 Å². The molecule has 1 unspecified atom stereocenters. The second kappa shape index (κ2) is 8.82. The molecular weight excluding hydrogens is 386 g/mol. The highest BCUT2D eigenvalue weighted by Crippen LogP contribution is 2.42. The van der Waals surface area contributed by atoms with E-state index in [0.29, 0.717) is 18.7 Å². The van der Waals surface area contributed by atoms with Crippen LogP contribution in [0.3, 0.4) is 0 Å². The fraction of sp³-hybridized carbons (Fsp3) is 0.391. The Morgan fingerprint density at radius 3 is 2.52 bits per heavy atom. The lowest BCUT2D eigenvalue weighted by Gasteiger charge is -2.24. The predicted octanol–water partition coefficient (Wildman–Crippen LogP) is 4.99. The van der Waals surface area contributed by atoms with Crippen molar-refractivity contribution >= 4 is 28.8 Å². The largest absolute Gasteiger partial charge is 0.507 e. The lowest BCUT2D eigenvalue weighted by molar-refractivity contribution is -0.139. The maximum absolute atomic E-state index is 12.9. The molecular formula is C23H27NO4S. The molecule has 154 valence electrons. The zero-order valence-electron chi connectivity index (χ0n) is 17.3. The topological polar surface area (TPSA) is 66.8 Å². The van der Waals surface area contributed by atoms with Crippen LogP contribution in [0.2, 0.25) is 0 Å². The number of nitrogens with zero attached hydrogens (tertiary/aromatic N) is 1. The minimum Gasteiger partial charge on any atom is -0.507 e. The number of aliphatic hydroxyl groups is 1. The summed E-state index contributed by atoms with van der Waals surface area (Å²) in [4.78, 5) is 28.3. The molecule has 1 aliphatic rings. The van der Waals surface area contributed by atoms with Crippen LogP contribution in [-0.2, 0) is 9.59 Å². The van der Waals surface area contributed by atoms with E-state index in [1.54, 1.807) is 23.1 Å². The molecule has 1 N–H and O–H groups in total. The van der Waals surface area contributed by atoms with Gasteiger partial charge in [0, 0.05) is 17.0 Å². The number of Topliss-reactive ketones (excluding diaryl/α,β-unsaturated/α-hetero) is 1. The SMILES string of the molecule is CCCCN1C(=O)C(=O)/C(=C(\O)c2ccc(OCC)c(C)c2)C1c1sccc1C. The number of hydrogen-bond acceptors (Lipinski definition) is 5. The number of benzene rings is 1. The highest BCUT2D eigenvalue weighted by molar-refractivity contribution is 7.10. The van der Waals surface area contributed by atoms with Crippen LogP contribution in [0.15, 0.2) is 35.2 Å². The Hall–Kier alpha value is -2.60. The van der Waals surface area contributed by atoms with Crippen molar-refractivity contribution in [1.29, 1.82) is 0 Å². The molecule has 1 aliphatic heterocycles. The van der Waals surface area contributed by atoms with E-state index in [-0.39, 0.29) is 11.3 Å². The molecule has 1 aromatic heterocycles. The predicted molar refractivity (Wildman–Crippen MR) is 115 cm³/mol. The van der Waals surface area contributed by atoms with E-state index < -0.39 is 17.7 Å². The minimum atomic E-state index is -0.622. The third-order valence-electron chi connectivity index (χ3n) is 5.19. The summed E-state index contributed by atoms with van der Waals surface area (Å²) in [7, 11) is 0. The molecule has 1 saturated heterocycles. The number of ether oxygens (including phenoxy) is 1. The number of carbonyl (C=O) groups is 2. The summed E-state index contributed by atoms with van der Waals surface area (Å²) in [6.07, 6.45) is 1.72. The van der Waals surface area contributed by atoms with Gasteiger partial charge in [-0.25, -0.2) is 0 Å². The van der Waals surface area contributed by atoms with Gasteiger partial charge in [0.2, 0.25) is 0 Å². The van der Waals surface area contributed by atoms with Crippen LogP contribution < -0.4 is 4.74 Å². The summed E-state index contributed by atoms with van der Waals surface area (Å²) in [6.45, 7) is 8.85. The smallest absolute Gasteiger partial charge is 0.295 e. The lowest BCUT2D eigenvalue weighted by Crippen LogP contribution is -2.30. The number of carbonyl (C=O) groups excluding carboxylic acids is 2. The summed E-state index contributed by atoms with van der Waals surface area (Å²) in [5.74, 6) is -0.562. The van der Waals surface area contributed by atoms with Crippen LogP contribution in [0.25, 0.3) is 5.76 Å². The van der Waals surface area contributed by atoms with Crippen LogP contribution in [-0.4, -0.2) is 34.8 Å². The second-order valence-electron chi connectivity index (χ2n) is 7.23. The van der Waals surface area contributed by atoms with Gasteiger partial charge < -0.3 is 14.7 Å². The number of unbranched alkanes of at least 4 members (excludes halogenated alkanes) is 1. The molecule has 5 nitrogen and oxygen atoms in total. The van der Waals surface area contributed by atoms with Gasteiger partial charge in [-0.15, -0.1) is 11.3 Å². The van der Waals surface area contributed by atoms with E-state index in [4.69, 9.17) is 4.74 Å². The molecule has 1 atom stereocenters. The molecule has 0 aliphatic carbocycles. The number of amides is 1. The number of hydrogen-bond donors (Lipinski definition) is 1. The van der Waals surface area contributed by atoms with Crippen molar-refractivity contribution in [1.82, 2.24) is 4.90 Å². The number of ketones is 1. The van der Waals surface area contributed by atoms with E-state index in [9.17, 15) is 14.7 Å². The number of rotatable bonds is 7. The van der Waals surface area contributed by atoms with E-state index in [1.807, 2.05) is 39.1 Å². The average Bonchev–Trinajstić information content (AvgIpc) is 3.22. The number of thiophene rings is 1. The van der Waals surface area contributed by atoms with Gasteiger partial charge in [0.1, 0.15) is 11.5 Å². The normalized spacial score (nSPS) is 18.5. The van der Waals surface area contributed by atoms with Gasteiger partial charge in [-0.2, -0.15) is 0 Å². The molecule has 2 aromatic rings. The summed E-state index contributed by atoms with van der Waals surface area (Å²) >= 11 is 1.51. The van der Waals surface area contributed by atoms with Crippen molar-refractivity contribution in [2.75, 3.05) is 13.2 Å². The van der Waals surface area contributed by atoms with Crippen molar-refractivity contribution < 1.29 is 19.4 Å². The summed E-state index contributed by atoms with van der Waals surface area (Å²) in [5.41, 5.74) is 2.55. The molecule has 1 aromatic carbocycles. The first kappa shape index (κ1) is 21.1. The molecule has 0 bridgehead atoms. The van der Waals surface area contributed by atoms with E-state index >= 15 is 0 Å². The van der Waals surface area contributed by atoms with Crippen molar-refractivity contribution in [2.45, 2.75) is 46.6 Å². The highest BCUT2D eigenvalue weighted by Gasteiger charge is 2.46. The first-order chi connectivity index (χ1) is 13.9. The first-order valence-corrected chi connectivity index (χ1v) is 10.8. The van der Waals surface area contributed by atoms with Crippen molar-refractivity contribution in [3.05, 3.63) is 56.8 Å². The Bertz CT molecular complexity index is 960. The monoisotopic (exact) mass is 413 g/mol. The Morgan fingerprint density at radius 1 is 1.17 bits per heavy atom. The summed E-state index contributed by atoms with van der Waals surface area (Å²) in [6, 6.07) is 6.73. The van der Waals surface area contributed by atoms with E-state index in [1.165, 1.54) is 11.3 Å². The van der Waals surface area contributed by atoms with Crippen LogP contribution >= 0.6 is 11.3 Å². The Labute approximate surface area is 175 Å². The highest BCUT2D eigenvalue weighted by atomic mass is 32.1.